The molecule has 0 bridgehead atoms. The van der Waals surface area contributed by atoms with Crippen LogP contribution in [0.3, 0.4) is 0 Å². The van der Waals surface area contributed by atoms with Gasteiger partial charge in [-0.3, -0.25) is 0 Å². The second kappa shape index (κ2) is 3.98. The number of hydrogen-bond donors (Lipinski definition) is 3. The van der Waals surface area contributed by atoms with Gasteiger partial charge in [0.1, 0.15) is 5.82 Å². The summed E-state index contributed by atoms with van der Waals surface area (Å²) in [4.78, 5) is 4.07. The van der Waals surface area contributed by atoms with Gasteiger partial charge < -0.3 is 16.2 Å². The first-order valence-electron chi connectivity index (χ1n) is 5.79. The first-order valence-corrected chi connectivity index (χ1v) is 5.79. The number of β-amino-alcohol motifs (C(OH)–C–C–N with tert-alkyl or cyclic N) is 1. The lowest BCUT2D eigenvalue weighted by Crippen LogP contribution is -2.14. The molecule has 3 rings (SSSR count). The molecule has 0 unspecified atom stereocenters. The minimum Gasteiger partial charge on any atom is -0.392 e. The fraction of sp³-hybridized carbons (Fsp3) is 0.308. The molecule has 4 nitrogen and oxygen atoms in total. The maximum Gasteiger partial charge on any atom is 0.131 e. The average molecular weight is 229 g/mol. The van der Waals surface area contributed by atoms with Crippen LogP contribution in [0.2, 0.25) is 0 Å². The lowest BCUT2D eigenvalue weighted by molar-refractivity contribution is 0.193. The van der Waals surface area contributed by atoms with E-state index in [1.54, 1.807) is 6.20 Å². The fourth-order valence-electron chi connectivity index (χ4n) is 2.41. The van der Waals surface area contributed by atoms with E-state index in [1.165, 1.54) is 5.56 Å². The van der Waals surface area contributed by atoms with Crippen LogP contribution in [0.25, 0.3) is 10.8 Å². The Morgan fingerprint density at radius 3 is 3.00 bits per heavy atom. The van der Waals surface area contributed by atoms with Gasteiger partial charge in [0.2, 0.25) is 0 Å². The molecule has 2 aromatic rings. The largest absolute Gasteiger partial charge is 0.392 e. The zero-order chi connectivity index (χ0) is 11.8. The van der Waals surface area contributed by atoms with E-state index in [0.717, 1.165) is 17.2 Å². The highest BCUT2D eigenvalue weighted by atomic mass is 16.3. The summed E-state index contributed by atoms with van der Waals surface area (Å²) in [5.41, 5.74) is 7.01. The smallest absolute Gasteiger partial charge is 0.131 e. The van der Waals surface area contributed by atoms with Crippen LogP contribution in [0.4, 0.5) is 5.82 Å². The van der Waals surface area contributed by atoms with E-state index in [1.807, 2.05) is 12.1 Å². The quantitative estimate of drug-likeness (QED) is 0.687. The fourth-order valence-corrected chi connectivity index (χ4v) is 2.41. The van der Waals surface area contributed by atoms with Crippen molar-refractivity contribution in [2.75, 3.05) is 12.3 Å². The molecule has 4 N–H and O–H groups in total. The molecular formula is C13H15N3O. The van der Waals surface area contributed by atoms with Gasteiger partial charge >= 0.3 is 0 Å². The Morgan fingerprint density at radius 2 is 2.24 bits per heavy atom. The summed E-state index contributed by atoms with van der Waals surface area (Å²) in [6.45, 7) is 0.668. The molecule has 0 saturated carbocycles. The number of nitrogen functional groups attached to an aromatic ring is 1. The van der Waals surface area contributed by atoms with E-state index in [2.05, 4.69) is 22.4 Å². The Hall–Kier alpha value is -1.65. The second-order valence-electron chi connectivity index (χ2n) is 4.53. The number of fused-ring (bicyclic) bond motifs is 1. The predicted octanol–water partition coefficient (Wildman–Crippen LogP) is 1.21. The lowest BCUT2D eigenvalue weighted by atomic mass is 10.0. The van der Waals surface area contributed by atoms with Gasteiger partial charge in [-0.25, -0.2) is 4.98 Å². The first kappa shape index (κ1) is 10.5. The molecule has 1 aliphatic heterocycles. The van der Waals surface area contributed by atoms with Gasteiger partial charge in [0, 0.05) is 24.2 Å². The molecule has 0 spiro atoms. The molecule has 0 aliphatic carbocycles. The van der Waals surface area contributed by atoms with E-state index in [4.69, 9.17) is 5.73 Å². The topological polar surface area (TPSA) is 71.2 Å². The number of benzene rings is 1. The standard InChI is InChI=1S/C13H15N3O/c14-13-11-2-1-9(5-8(11)3-4-15-13)12-6-10(17)7-16-12/h1-5,10,12,16-17H,6-7H2,(H2,14,15)/t10-,12-/m0/s1. The number of rotatable bonds is 1. The van der Waals surface area contributed by atoms with Crippen molar-refractivity contribution in [3.05, 3.63) is 36.0 Å². The van der Waals surface area contributed by atoms with Gasteiger partial charge in [0.15, 0.2) is 0 Å². The minimum absolute atomic E-state index is 0.238. The van der Waals surface area contributed by atoms with Crippen molar-refractivity contribution in [3.8, 4) is 0 Å². The summed E-state index contributed by atoms with van der Waals surface area (Å²) < 4.78 is 0. The molecule has 4 heteroatoms. The van der Waals surface area contributed by atoms with Crippen LogP contribution < -0.4 is 11.1 Å². The number of anilines is 1. The third-order valence-electron chi connectivity index (χ3n) is 3.33. The highest BCUT2D eigenvalue weighted by Gasteiger charge is 2.23. The summed E-state index contributed by atoms with van der Waals surface area (Å²) in [5.74, 6) is 0.563. The van der Waals surface area contributed by atoms with Gasteiger partial charge in [-0.2, -0.15) is 0 Å². The predicted molar refractivity (Wildman–Crippen MR) is 67.5 cm³/mol. The molecule has 1 aromatic carbocycles. The minimum atomic E-state index is -0.238. The maximum absolute atomic E-state index is 9.53. The first-order chi connectivity index (χ1) is 8.24. The zero-order valence-corrected chi connectivity index (χ0v) is 9.43. The monoisotopic (exact) mass is 229 g/mol. The molecule has 1 aliphatic rings. The molecule has 0 radical (unpaired) electrons. The summed E-state index contributed by atoms with van der Waals surface area (Å²) in [7, 11) is 0. The Morgan fingerprint density at radius 1 is 1.35 bits per heavy atom. The SMILES string of the molecule is Nc1nccc2cc([C@@H]3C[C@H](O)CN3)ccc12. The van der Waals surface area contributed by atoms with Crippen molar-refractivity contribution >= 4 is 16.6 Å². The molecule has 2 heterocycles. The average Bonchev–Trinajstić information content (AvgIpc) is 2.76. The normalized spacial score (nSPS) is 24.3. The van der Waals surface area contributed by atoms with Crippen LogP contribution >= 0.6 is 0 Å². The van der Waals surface area contributed by atoms with E-state index in [0.29, 0.717) is 12.4 Å². The van der Waals surface area contributed by atoms with Gasteiger partial charge in [-0.05, 0) is 29.5 Å². The molecule has 88 valence electrons. The number of nitrogens with one attached hydrogen (secondary N) is 1. The van der Waals surface area contributed by atoms with Crippen LogP contribution in [-0.2, 0) is 0 Å². The summed E-state index contributed by atoms with van der Waals surface area (Å²) in [6.07, 6.45) is 2.25. The van der Waals surface area contributed by atoms with Crippen LogP contribution in [-0.4, -0.2) is 22.7 Å². The number of hydrogen-bond acceptors (Lipinski definition) is 4. The van der Waals surface area contributed by atoms with Crippen molar-refractivity contribution in [3.63, 3.8) is 0 Å². The number of nitrogens with zero attached hydrogens (tertiary/aromatic N) is 1. The van der Waals surface area contributed by atoms with E-state index in [9.17, 15) is 5.11 Å². The van der Waals surface area contributed by atoms with Gasteiger partial charge in [-0.15, -0.1) is 0 Å². The van der Waals surface area contributed by atoms with Gasteiger partial charge in [0.25, 0.3) is 0 Å². The molecule has 1 aromatic heterocycles. The highest BCUT2D eigenvalue weighted by Crippen LogP contribution is 2.27. The zero-order valence-electron chi connectivity index (χ0n) is 9.43. The summed E-state index contributed by atoms with van der Waals surface area (Å²) in [6, 6.07) is 8.36. The highest BCUT2D eigenvalue weighted by molar-refractivity contribution is 5.91. The van der Waals surface area contributed by atoms with Gasteiger partial charge in [0.05, 0.1) is 6.10 Å². The number of nitrogens with two attached hydrogens (primary N) is 1. The van der Waals surface area contributed by atoms with Crippen LogP contribution in [0.5, 0.6) is 0 Å². The number of aliphatic hydroxyl groups excluding tert-OH is 1. The lowest BCUT2D eigenvalue weighted by Gasteiger charge is -2.11. The van der Waals surface area contributed by atoms with Crippen molar-refractivity contribution in [2.24, 2.45) is 0 Å². The van der Waals surface area contributed by atoms with Crippen molar-refractivity contribution in [2.45, 2.75) is 18.6 Å². The summed E-state index contributed by atoms with van der Waals surface area (Å²) >= 11 is 0. The number of aliphatic hydroxyl groups is 1. The Balaban J connectivity index is 2.02. The molecule has 1 saturated heterocycles. The Kier molecular flexibility index (Phi) is 2.46. The van der Waals surface area contributed by atoms with Crippen molar-refractivity contribution in [1.29, 1.82) is 0 Å². The molecular weight excluding hydrogens is 214 g/mol. The Bertz CT molecular complexity index is 555. The Labute approximate surface area is 99.5 Å². The second-order valence-corrected chi connectivity index (χ2v) is 4.53. The van der Waals surface area contributed by atoms with Crippen molar-refractivity contribution < 1.29 is 5.11 Å². The van der Waals surface area contributed by atoms with Crippen LogP contribution in [0, 0.1) is 0 Å². The molecule has 17 heavy (non-hydrogen) atoms. The molecule has 2 atom stereocenters. The number of aromatic nitrogens is 1. The summed E-state index contributed by atoms with van der Waals surface area (Å²) in [5, 5.41) is 14.9. The van der Waals surface area contributed by atoms with Gasteiger partial charge in [-0.1, -0.05) is 12.1 Å². The third-order valence-corrected chi connectivity index (χ3v) is 3.33. The van der Waals surface area contributed by atoms with Crippen LogP contribution in [0.15, 0.2) is 30.5 Å². The molecule has 1 fully saturated rings. The maximum atomic E-state index is 9.53. The van der Waals surface area contributed by atoms with E-state index < -0.39 is 0 Å². The van der Waals surface area contributed by atoms with Crippen LogP contribution in [0.1, 0.15) is 18.0 Å². The molecule has 0 amide bonds. The number of pyridine rings is 1. The third kappa shape index (κ3) is 1.85. The van der Waals surface area contributed by atoms with E-state index in [-0.39, 0.29) is 12.1 Å². The van der Waals surface area contributed by atoms with Crippen molar-refractivity contribution in [1.82, 2.24) is 10.3 Å². The van der Waals surface area contributed by atoms with E-state index >= 15 is 0 Å².